The number of alkyl halides is 2. The summed E-state index contributed by atoms with van der Waals surface area (Å²) in [6.45, 7) is 0. The Kier molecular flexibility index (Phi) is 2.11. The van der Waals surface area contributed by atoms with Crippen LogP contribution < -0.4 is 0 Å². The Bertz CT molecular complexity index is 184. The van der Waals surface area contributed by atoms with Gasteiger partial charge in [-0.2, -0.15) is 0 Å². The first-order chi connectivity index (χ1) is 4.64. The maximum absolute atomic E-state index is 12.6. The molecule has 0 aromatic rings. The van der Waals surface area contributed by atoms with E-state index in [1.165, 1.54) is 6.08 Å². The standard InChI is InChI=1S/C7H8ClFO/c8-5-6-1-3-7(9,10)4-2-6/h1-3,10H,4-5H2. The van der Waals surface area contributed by atoms with Crippen LogP contribution in [0.1, 0.15) is 6.42 Å². The van der Waals surface area contributed by atoms with E-state index in [2.05, 4.69) is 0 Å². The van der Waals surface area contributed by atoms with Gasteiger partial charge >= 0.3 is 0 Å². The number of hydrogen-bond donors (Lipinski definition) is 1. The van der Waals surface area contributed by atoms with Crippen LogP contribution in [0, 0.1) is 0 Å². The molecule has 0 bridgehead atoms. The van der Waals surface area contributed by atoms with Crippen molar-refractivity contribution < 1.29 is 9.50 Å². The van der Waals surface area contributed by atoms with Gasteiger partial charge in [0.15, 0.2) is 0 Å². The van der Waals surface area contributed by atoms with Crippen molar-refractivity contribution in [3.8, 4) is 0 Å². The highest BCUT2D eigenvalue weighted by Gasteiger charge is 2.22. The van der Waals surface area contributed by atoms with Gasteiger partial charge in [-0.1, -0.05) is 12.2 Å². The Morgan fingerprint density at radius 3 is 2.90 bits per heavy atom. The van der Waals surface area contributed by atoms with Crippen LogP contribution in [0.4, 0.5) is 4.39 Å². The maximum Gasteiger partial charge on any atom is 0.229 e. The van der Waals surface area contributed by atoms with E-state index in [0.29, 0.717) is 5.88 Å². The number of rotatable bonds is 1. The van der Waals surface area contributed by atoms with E-state index in [0.717, 1.165) is 11.6 Å². The molecule has 0 aliphatic heterocycles. The third-order valence-electron chi connectivity index (χ3n) is 1.36. The highest BCUT2D eigenvalue weighted by Crippen LogP contribution is 2.22. The van der Waals surface area contributed by atoms with Gasteiger partial charge in [-0.15, -0.1) is 11.6 Å². The zero-order valence-corrected chi connectivity index (χ0v) is 6.11. The highest BCUT2D eigenvalue weighted by atomic mass is 35.5. The van der Waals surface area contributed by atoms with Crippen molar-refractivity contribution in [3.63, 3.8) is 0 Å². The molecule has 1 atom stereocenters. The van der Waals surface area contributed by atoms with E-state index in [1.807, 2.05) is 0 Å². The molecule has 1 unspecified atom stereocenters. The SMILES string of the molecule is OC1(F)C=CC(CCl)=CC1. The summed E-state index contributed by atoms with van der Waals surface area (Å²) < 4.78 is 12.6. The van der Waals surface area contributed by atoms with Crippen molar-refractivity contribution in [2.24, 2.45) is 0 Å². The minimum Gasteiger partial charge on any atom is -0.358 e. The summed E-state index contributed by atoms with van der Waals surface area (Å²) in [5.74, 6) is -1.79. The summed E-state index contributed by atoms with van der Waals surface area (Å²) in [6, 6.07) is 0. The molecule has 0 amide bonds. The summed E-state index contributed by atoms with van der Waals surface area (Å²) in [4.78, 5) is 0. The number of allylic oxidation sites excluding steroid dienone is 2. The molecular weight excluding hydrogens is 155 g/mol. The average Bonchev–Trinajstić information content (AvgIpc) is 1.88. The normalized spacial score (nSPS) is 32.1. The Hall–Kier alpha value is -0.340. The van der Waals surface area contributed by atoms with Crippen molar-refractivity contribution in [2.45, 2.75) is 12.3 Å². The van der Waals surface area contributed by atoms with Crippen LogP contribution in [-0.2, 0) is 0 Å². The molecule has 0 radical (unpaired) electrons. The minimum atomic E-state index is -2.16. The van der Waals surface area contributed by atoms with Crippen LogP contribution in [0.3, 0.4) is 0 Å². The van der Waals surface area contributed by atoms with Gasteiger partial charge in [0.25, 0.3) is 0 Å². The van der Waals surface area contributed by atoms with Gasteiger partial charge in [0.05, 0.1) is 0 Å². The molecule has 0 aromatic heterocycles. The molecule has 0 spiro atoms. The van der Waals surface area contributed by atoms with Gasteiger partial charge in [0.1, 0.15) is 0 Å². The Morgan fingerprint density at radius 1 is 1.80 bits per heavy atom. The van der Waals surface area contributed by atoms with Gasteiger partial charge in [-0.05, 0) is 11.6 Å². The number of hydrogen-bond acceptors (Lipinski definition) is 1. The van der Waals surface area contributed by atoms with Gasteiger partial charge in [-0.25, -0.2) is 4.39 Å². The fraction of sp³-hybridized carbons (Fsp3) is 0.429. The molecule has 1 aliphatic rings. The van der Waals surface area contributed by atoms with Crippen LogP contribution in [0.15, 0.2) is 23.8 Å². The van der Waals surface area contributed by atoms with E-state index in [1.54, 1.807) is 6.08 Å². The largest absolute Gasteiger partial charge is 0.358 e. The van der Waals surface area contributed by atoms with E-state index < -0.39 is 5.85 Å². The third-order valence-corrected chi connectivity index (χ3v) is 1.67. The van der Waals surface area contributed by atoms with Crippen LogP contribution >= 0.6 is 11.6 Å². The van der Waals surface area contributed by atoms with Gasteiger partial charge in [0, 0.05) is 12.3 Å². The van der Waals surface area contributed by atoms with E-state index >= 15 is 0 Å². The molecule has 0 heterocycles. The first kappa shape index (κ1) is 7.76. The molecule has 0 aromatic carbocycles. The van der Waals surface area contributed by atoms with Crippen LogP contribution in [0.25, 0.3) is 0 Å². The molecule has 3 heteroatoms. The second-order valence-corrected chi connectivity index (χ2v) is 2.54. The van der Waals surface area contributed by atoms with Crippen LogP contribution in [0.2, 0.25) is 0 Å². The molecule has 1 nitrogen and oxygen atoms in total. The lowest BCUT2D eigenvalue weighted by atomic mass is 10.0. The van der Waals surface area contributed by atoms with E-state index in [-0.39, 0.29) is 6.42 Å². The molecule has 56 valence electrons. The van der Waals surface area contributed by atoms with Crippen molar-refractivity contribution in [2.75, 3.05) is 5.88 Å². The quantitative estimate of drug-likeness (QED) is 0.583. The maximum atomic E-state index is 12.6. The lowest BCUT2D eigenvalue weighted by Gasteiger charge is -2.16. The zero-order valence-electron chi connectivity index (χ0n) is 5.35. The van der Waals surface area contributed by atoms with Crippen LogP contribution in [-0.4, -0.2) is 16.8 Å². The predicted molar refractivity (Wildman–Crippen MR) is 38.6 cm³/mol. The average molecular weight is 163 g/mol. The summed E-state index contributed by atoms with van der Waals surface area (Å²) >= 11 is 5.45. The fourth-order valence-electron chi connectivity index (χ4n) is 0.744. The summed E-state index contributed by atoms with van der Waals surface area (Å²) in [5, 5.41) is 8.75. The first-order valence-corrected chi connectivity index (χ1v) is 3.53. The van der Waals surface area contributed by atoms with E-state index in [9.17, 15) is 4.39 Å². The molecule has 0 fully saturated rings. The molecular formula is C7H8ClFO. The topological polar surface area (TPSA) is 20.2 Å². The molecule has 0 saturated carbocycles. The summed E-state index contributed by atoms with van der Waals surface area (Å²) in [5.41, 5.74) is 0.851. The lowest BCUT2D eigenvalue weighted by Crippen LogP contribution is -2.19. The molecule has 1 aliphatic carbocycles. The Labute approximate surface area is 63.8 Å². The summed E-state index contributed by atoms with van der Waals surface area (Å²) in [6.07, 6.45) is 4.21. The molecule has 1 N–H and O–H groups in total. The fourth-order valence-corrected chi connectivity index (χ4v) is 0.942. The monoisotopic (exact) mass is 162 g/mol. The van der Waals surface area contributed by atoms with Gasteiger partial charge in [0.2, 0.25) is 5.85 Å². The van der Waals surface area contributed by atoms with Crippen molar-refractivity contribution in [1.29, 1.82) is 0 Å². The summed E-state index contributed by atoms with van der Waals surface area (Å²) in [7, 11) is 0. The van der Waals surface area contributed by atoms with Crippen molar-refractivity contribution in [1.82, 2.24) is 0 Å². The Balaban J connectivity index is 2.63. The molecule has 1 rings (SSSR count). The van der Waals surface area contributed by atoms with Crippen LogP contribution in [0.5, 0.6) is 0 Å². The van der Waals surface area contributed by atoms with Gasteiger partial charge < -0.3 is 5.11 Å². The van der Waals surface area contributed by atoms with E-state index in [4.69, 9.17) is 16.7 Å². The highest BCUT2D eigenvalue weighted by molar-refractivity contribution is 6.19. The predicted octanol–water partition coefficient (Wildman–Crippen LogP) is 1.77. The second kappa shape index (κ2) is 2.72. The molecule has 10 heavy (non-hydrogen) atoms. The molecule has 0 saturated heterocycles. The Morgan fingerprint density at radius 2 is 2.50 bits per heavy atom. The smallest absolute Gasteiger partial charge is 0.229 e. The number of halogens is 2. The van der Waals surface area contributed by atoms with Gasteiger partial charge in [-0.3, -0.25) is 0 Å². The first-order valence-electron chi connectivity index (χ1n) is 2.99. The second-order valence-electron chi connectivity index (χ2n) is 2.27. The minimum absolute atomic E-state index is 0.00551. The zero-order chi connectivity index (χ0) is 7.61. The lowest BCUT2D eigenvalue weighted by molar-refractivity contribution is -0.0388. The van der Waals surface area contributed by atoms with Crippen molar-refractivity contribution in [3.05, 3.63) is 23.8 Å². The van der Waals surface area contributed by atoms with Crippen molar-refractivity contribution >= 4 is 11.6 Å². The third kappa shape index (κ3) is 1.82. The number of aliphatic hydroxyl groups is 1.